The minimum Gasteiger partial charge on any atom is -0.504 e. The molecule has 0 bridgehead atoms. The second kappa shape index (κ2) is 6.59. The monoisotopic (exact) mass is 363 g/mol. The van der Waals surface area contributed by atoms with Gasteiger partial charge in [0.2, 0.25) is 0 Å². The van der Waals surface area contributed by atoms with Crippen LogP contribution in [0.15, 0.2) is 47.6 Å². The zero-order valence-electron chi connectivity index (χ0n) is 15.5. The van der Waals surface area contributed by atoms with Gasteiger partial charge in [0.1, 0.15) is 11.7 Å². The standard InChI is InChI=1S/C23H25NO3/c25-21-9-8-18(20-15-23(27-24-20)10-4-1-5-11-23)14-22(21)26-19-12-16-6-2-3-7-17(16)13-19/h2-3,6-9,14,19,25H,1,4-5,10-13,15H2. The summed E-state index contributed by atoms with van der Waals surface area (Å²) in [4.78, 5) is 5.88. The normalized spacial score (nSPS) is 21.0. The summed E-state index contributed by atoms with van der Waals surface area (Å²) in [5.74, 6) is 0.721. The second-order valence-corrected chi connectivity index (χ2v) is 8.15. The summed E-state index contributed by atoms with van der Waals surface area (Å²) in [5.41, 5.74) is 4.54. The highest BCUT2D eigenvalue weighted by molar-refractivity contribution is 6.02. The number of benzene rings is 2. The summed E-state index contributed by atoms with van der Waals surface area (Å²) < 4.78 is 6.18. The lowest BCUT2D eigenvalue weighted by Gasteiger charge is -2.30. The third-order valence-corrected chi connectivity index (χ3v) is 6.20. The van der Waals surface area contributed by atoms with Crippen molar-refractivity contribution in [2.45, 2.75) is 63.1 Å². The first-order chi connectivity index (χ1) is 13.2. The molecule has 140 valence electrons. The Morgan fingerprint density at radius 2 is 1.74 bits per heavy atom. The van der Waals surface area contributed by atoms with Crippen LogP contribution in [0.5, 0.6) is 11.5 Å². The summed E-state index contributed by atoms with van der Waals surface area (Å²) >= 11 is 0. The molecule has 0 aromatic heterocycles. The molecule has 2 aliphatic carbocycles. The van der Waals surface area contributed by atoms with E-state index < -0.39 is 0 Å². The third kappa shape index (κ3) is 3.18. The van der Waals surface area contributed by atoms with Crippen LogP contribution in [0.3, 0.4) is 0 Å². The number of aromatic hydroxyl groups is 1. The molecule has 0 radical (unpaired) electrons. The van der Waals surface area contributed by atoms with Crippen LogP contribution in [0.25, 0.3) is 0 Å². The molecule has 5 rings (SSSR count). The SMILES string of the molecule is Oc1ccc(C2=NOC3(CCCCC3)C2)cc1OC1Cc2ccccc2C1. The van der Waals surface area contributed by atoms with Crippen molar-refractivity contribution in [2.24, 2.45) is 5.16 Å². The molecule has 27 heavy (non-hydrogen) atoms. The number of oxime groups is 1. The van der Waals surface area contributed by atoms with Crippen LogP contribution in [0.2, 0.25) is 0 Å². The Morgan fingerprint density at radius 3 is 2.48 bits per heavy atom. The van der Waals surface area contributed by atoms with Crippen molar-refractivity contribution < 1.29 is 14.7 Å². The Bertz CT molecular complexity index is 858. The Kier molecular flexibility index (Phi) is 4.07. The van der Waals surface area contributed by atoms with Gasteiger partial charge in [-0.25, -0.2) is 0 Å². The smallest absolute Gasteiger partial charge is 0.162 e. The zero-order chi connectivity index (χ0) is 18.3. The molecule has 4 nitrogen and oxygen atoms in total. The van der Waals surface area contributed by atoms with Gasteiger partial charge < -0.3 is 14.7 Å². The van der Waals surface area contributed by atoms with Crippen molar-refractivity contribution in [3.05, 3.63) is 59.2 Å². The first-order valence-corrected chi connectivity index (χ1v) is 10.0. The fraction of sp³-hybridized carbons (Fsp3) is 0.435. The van der Waals surface area contributed by atoms with Crippen molar-refractivity contribution in [1.82, 2.24) is 0 Å². The average Bonchev–Trinajstić information content (AvgIpc) is 3.28. The number of hydrogen-bond acceptors (Lipinski definition) is 4. The van der Waals surface area contributed by atoms with E-state index in [9.17, 15) is 5.11 Å². The van der Waals surface area contributed by atoms with Gasteiger partial charge in [0.05, 0.1) is 5.71 Å². The van der Waals surface area contributed by atoms with E-state index in [1.165, 1.54) is 30.4 Å². The molecule has 0 unspecified atom stereocenters. The highest BCUT2D eigenvalue weighted by Crippen LogP contribution is 2.40. The van der Waals surface area contributed by atoms with Crippen LogP contribution in [-0.4, -0.2) is 22.5 Å². The van der Waals surface area contributed by atoms with Gasteiger partial charge in [-0.15, -0.1) is 0 Å². The Labute approximate surface area is 159 Å². The largest absolute Gasteiger partial charge is 0.504 e. The molecule has 1 spiro atoms. The molecule has 1 aliphatic heterocycles. The van der Waals surface area contributed by atoms with E-state index in [2.05, 4.69) is 29.4 Å². The molecule has 1 N–H and O–H groups in total. The van der Waals surface area contributed by atoms with E-state index >= 15 is 0 Å². The highest BCUT2D eigenvalue weighted by Gasteiger charge is 2.40. The molecule has 3 aliphatic rings. The van der Waals surface area contributed by atoms with E-state index in [4.69, 9.17) is 9.57 Å². The van der Waals surface area contributed by atoms with Gasteiger partial charge in [-0.2, -0.15) is 0 Å². The number of ether oxygens (including phenoxy) is 1. The molecule has 0 amide bonds. The predicted octanol–water partition coefficient (Wildman–Crippen LogP) is 4.77. The van der Waals surface area contributed by atoms with Crippen LogP contribution in [0.4, 0.5) is 0 Å². The maximum Gasteiger partial charge on any atom is 0.162 e. The van der Waals surface area contributed by atoms with Crippen LogP contribution < -0.4 is 4.74 Å². The fourth-order valence-corrected chi connectivity index (χ4v) is 4.71. The Balaban J connectivity index is 1.32. The van der Waals surface area contributed by atoms with Gasteiger partial charge in [-0.05, 0) is 55.0 Å². The Hall–Kier alpha value is -2.49. The molecule has 2 aromatic carbocycles. The number of rotatable bonds is 3. The molecule has 1 fully saturated rings. The minimum absolute atomic E-state index is 0.0648. The maximum atomic E-state index is 10.3. The average molecular weight is 363 g/mol. The molecule has 0 saturated heterocycles. The number of phenolic OH excluding ortho intramolecular Hbond substituents is 1. The lowest BCUT2D eigenvalue weighted by Crippen LogP contribution is -2.31. The molecule has 1 saturated carbocycles. The van der Waals surface area contributed by atoms with Crippen molar-refractivity contribution in [3.8, 4) is 11.5 Å². The lowest BCUT2D eigenvalue weighted by molar-refractivity contribution is -0.0449. The quantitative estimate of drug-likeness (QED) is 0.855. The van der Waals surface area contributed by atoms with E-state index in [0.29, 0.717) is 5.75 Å². The third-order valence-electron chi connectivity index (χ3n) is 6.20. The first kappa shape index (κ1) is 16.7. The number of nitrogens with zero attached hydrogens (tertiary/aromatic N) is 1. The molecule has 2 aromatic rings. The highest BCUT2D eigenvalue weighted by atomic mass is 16.7. The summed E-state index contributed by atoms with van der Waals surface area (Å²) in [7, 11) is 0. The first-order valence-electron chi connectivity index (χ1n) is 10.0. The molecule has 1 heterocycles. The predicted molar refractivity (Wildman–Crippen MR) is 104 cm³/mol. The van der Waals surface area contributed by atoms with Crippen molar-refractivity contribution in [1.29, 1.82) is 0 Å². The van der Waals surface area contributed by atoms with E-state index in [-0.39, 0.29) is 17.5 Å². The second-order valence-electron chi connectivity index (χ2n) is 8.15. The summed E-state index contributed by atoms with van der Waals surface area (Å²) in [6, 6.07) is 14.0. The molecule has 4 heteroatoms. The van der Waals surface area contributed by atoms with Crippen LogP contribution in [-0.2, 0) is 17.7 Å². The van der Waals surface area contributed by atoms with Gasteiger partial charge in [0.15, 0.2) is 11.5 Å². The fourth-order valence-electron chi connectivity index (χ4n) is 4.71. The minimum atomic E-state index is -0.0976. The number of phenols is 1. The molecule has 0 atom stereocenters. The van der Waals surface area contributed by atoms with Gasteiger partial charge in [0, 0.05) is 24.8 Å². The summed E-state index contributed by atoms with van der Waals surface area (Å²) in [6.45, 7) is 0. The van der Waals surface area contributed by atoms with Crippen molar-refractivity contribution in [3.63, 3.8) is 0 Å². The molecular weight excluding hydrogens is 338 g/mol. The van der Waals surface area contributed by atoms with Gasteiger partial charge in [-0.1, -0.05) is 35.8 Å². The van der Waals surface area contributed by atoms with Crippen LogP contribution in [0.1, 0.15) is 55.2 Å². The topological polar surface area (TPSA) is 51.1 Å². The lowest BCUT2D eigenvalue weighted by atomic mass is 9.81. The van der Waals surface area contributed by atoms with Crippen molar-refractivity contribution in [2.75, 3.05) is 0 Å². The van der Waals surface area contributed by atoms with E-state index in [1.54, 1.807) is 6.07 Å². The van der Waals surface area contributed by atoms with Gasteiger partial charge in [-0.3, -0.25) is 0 Å². The van der Waals surface area contributed by atoms with Crippen LogP contribution in [0, 0.1) is 0 Å². The van der Waals surface area contributed by atoms with Crippen LogP contribution >= 0.6 is 0 Å². The van der Waals surface area contributed by atoms with E-state index in [1.807, 2.05) is 12.1 Å². The summed E-state index contributed by atoms with van der Waals surface area (Å²) in [6.07, 6.45) is 8.58. The van der Waals surface area contributed by atoms with E-state index in [0.717, 1.165) is 43.4 Å². The maximum absolute atomic E-state index is 10.3. The zero-order valence-corrected chi connectivity index (χ0v) is 15.5. The number of hydrogen-bond donors (Lipinski definition) is 1. The van der Waals surface area contributed by atoms with Crippen molar-refractivity contribution >= 4 is 5.71 Å². The van der Waals surface area contributed by atoms with Gasteiger partial charge in [0.25, 0.3) is 0 Å². The molecular formula is C23H25NO3. The van der Waals surface area contributed by atoms with Gasteiger partial charge >= 0.3 is 0 Å². The Morgan fingerprint density at radius 1 is 1.00 bits per heavy atom. The summed E-state index contributed by atoms with van der Waals surface area (Å²) in [5, 5.41) is 14.7. The number of fused-ring (bicyclic) bond motifs is 1.